The van der Waals surface area contributed by atoms with Crippen LogP contribution in [0.1, 0.15) is 12.5 Å². The Morgan fingerprint density at radius 2 is 2.22 bits per heavy atom. The van der Waals surface area contributed by atoms with Crippen LogP contribution in [0.15, 0.2) is 22.7 Å². The zero-order chi connectivity index (χ0) is 13.1. The lowest BCUT2D eigenvalue weighted by molar-refractivity contribution is -0.0678. The fourth-order valence-corrected chi connectivity index (χ4v) is 3.01. The van der Waals surface area contributed by atoms with Gasteiger partial charge in [-0.3, -0.25) is 4.90 Å². The van der Waals surface area contributed by atoms with Gasteiger partial charge in [-0.15, -0.1) is 0 Å². The van der Waals surface area contributed by atoms with Gasteiger partial charge in [-0.25, -0.2) is 4.39 Å². The Hall–Kier alpha value is 0.0300. The van der Waals surface area contributed by atoms with Crippen molar-refractivity contribution in [2.75, 3.05) is 18.4 Å². The first-order valence-corrected chi connectivity index (χ1v) is 7.88. The number of alkyl halides is 1. The molecular weight excluding hydrogens is 365 g/mol. The molecule has 0 radical (unpaired) electrons. The molecule has 2 nitrogen and oxygen atoms in total. The molecule has 0 aromatic heterocycles. The summed E-state index contributed by atoms with van der Waals surface area (Å²) in [6.07, 6.45) is 0.426. The lowest BCUT2D eigenvalue weighted by Crippen LogP contribution is -2.46. The molecule has 1 aliphatic rings. The summed E-state index contributed by atoms with van der Waals surface area (Å²) >= 11 is 6.77. The lowest BCUT2D eigenvalue weighted by atomic mass is 10.1. The highest BCUT2D eigenvalue weighted by Gasteiger charge is 2.24. The van der Waals surface area contributed by atoms with Crippen LogP contribution in [-0.4, -0.2) is 35.5 Å². The van der Waals surface area contributed by atoms with E-state index in [-0.39, 0.29) is 18.0 Å². The Morgan fingerprint density at radius 3 is 2.94 bits per heavy atom. The standard InChI is InChI=1S/C13H16Br2FNO/c1-9-6-17(8-11(5-14)18-9)7-10-3-2-4-12(16)13(10)15/h2-4,9,11H,5-8H2,1H3. The van der Waals surface area contributed by atoms with E-state index in [1.54, 1.807) is 6.07 Å². The van der Waals surface area contributed by atoms with Gasteiger partial charge in [-0.1, -0.05) is 28.1 Å². The van der Waals surface area contributed by atoms with Crippen molar-refractivity contribution in [2.24, 2.45) is 0 Å². The summed E-state index contributed by atoms with van der Waals surface area (Å²) in [4.78, 5) is 2.31. The van der Waals surface area contributed by atoms with Crippen LogP contribution in [0.2, 0.25) is 0 Å². The van der Waals surface area contributed by atoms with Crippen molar-refractivity contribution in [3.05, 3.63) is 34.1 Å². The fraction of sp³-hybridized carbons (Fsp3) is 0.538. The first-order valence-electron chi connectivity index (χ1n) is 5.96. The van der Waals surface area contributed by atoms with Gasteiger partial charge in [0.05, 0.1) is 16.7 Å². The molecule has 0 saturated carbocycles. The summed E-state index contributed by atoms with van der Waals surface area (Å²) in [5.74, 6) is -0.203. The van der Waals surface area contributed by atoms with E-state index >= 15 is 0 Å². The van der Waals surface area contributed by atoms with Crippen molar-refractivity contribution >= 4 is 31.9 Å². The van der Waals surface area contributed by atoms with E-state index in [9.17, 15) is 4.39 Å². The van der Waals surface area contributed by atoms with Gasteiger partial charge in [0.2, 0.25) is 0 Å². The minimum Gasteiger partial charge on any atom is -0.372 e. The van der Waals surface area contributed by atoms with E-state index in [4.69, 9.17) is 4.74 Å². The van der Waals surface area contributed by atoms with Crippen LogP contribution in [0.3, 0.4) is 0 Å². The maximum Gasteiger partial charge on any atom is 0.137 e. The molecule has 2 atom stereocenters. The van der Waals surface area contributed by atoms with Gasteiger partial charge in [0.25, 0.3) is 0 Å². The number of hydrogen-bond donors (Lipinski definition) is 0. The average Bonchev–Trinajstić information content (AvgIpc) is 2.34. The van der Waals surface area contributed by atoms with Gasteiger partial charge >= 0.3 is 0 Å². The molecule has 2 unspecified atom stereocenters. The van der Waals surface area contributed by atoms with Crippen LogP contribution < -0.4 is 0 Å². The summed E-state index contributed by atoms with van der Waals surface area (Å²) in [6, 6.07) is 5.18. The predicted octanol–water partition coefficient (Wildman–Crippen LogP) is 3.57. The monoisotopic (exact) mass is 379 g/mol. The number of halogens is 3. The topological polar surface area (TPSA) is 12.5 Å². The second-order valence-corrected chi connectivity index (χ2v) is 6.07. The van der Waals surface area contributed by atoms with Crippen molar-refractivity contribution in [3.63, 3.8) is 0 Å². The molecule has 1 aliphatic heterocycles. The maximum atomic E-state index is 13.5. The highest BCUT2D eigenvalue weighted by Crippen LogP contribution is 2.23. The van der Waals surface area contributed by atoms with Crippen molar-refractivity contribution in [1.29, 1.82) is 0 Å². The number of hydrogen-bond acceptors (Lipinski definition) is 2. The van der Waals surface area contributed by atoms with Gasteiger partial charge < -0.3 is 4.74 Å². The molecule has 0 N–H and O–H groups in total. The number of ether oxygens (including phenoxy) is 1. The molecule has 100 valence electrons. The SMILES string of the molecule is CC1CN(Cc2cccc(F)c2Br)CC(CBr)O1. The highest BCUT2D eigenvalue weighted by molar-refractivity contribution is 9.10. The third kappa shape index (κ3) is 3.53. The van der Waals surface area contributed by atoms with Crippen molar-refractivity contribution in [1.82, 2.24) is 4.90 Å². The van der Waals surface area contributed by atoms with Crippen LogP contribution in [0.5, 0.6) is 0 Å². The lowest BCUT2D eigenvalue weighted by Gasteiger charge is -2.36. The molecule has 1 fully saturated rings. The number of nitrogens with zero attached hydrogens (tertiary/aromatic N) is 1. The molecule has 18 heavy (non-hydrogen) atoms. The van der Waals surface area contributed by atoms with E-state index in [2.05, 4.69) is 43.7 Å². The molecule has 5 heteroatoms. The maximum absolute atomic E-state index is 13.5. The minimum absolute atomic E-state index is 0.203. The molecule has 0 amide bonds. The summed E-state index contributed by atoms with van der Waals surface area (Å²) in [5.41, 5.74) is 0.984. The number of rotatable bonds is 3. The normalized spacial score (nSPS) is 25.3. The smallest absolute Gasteiger partial charge is 0.137 e. The zero-order valence-corrected chi connectivity index (χ0v) is 13.4. The van der Waals surface area contributed by atoms with Crippen LogP contribution in [-0.2, 0) is 11.3 Å². The van der Waals surface area contributed by atoms with Gasteiger partial charge in [0.1, 0.15) is 5.82 Å². The zero-order valence-electron chi connectivity index (χ0n) is 10.2. The summed E-state index contributed by atoms with van der Waals surface area (Å²) in [6.45, 7) is 4.57. The number of benzene rings is 1. The van der Waals surface area contributed by atoms with Crippen LogP contribution in [0, 0.1) is 5.82 Å². The van der Waals surface area contributed by atoms with Gasteiger partial charge in [-0.2, -0.15) is 0 Å². The third-order valence-corrected chi connectivity index (χ3v) is 4.61. The fourth-order valence-electron chi connectivity index (χ4n) is 2.27. The summed E-state index contributed by atoms with van der Waals surface area (Å²) in [5, 5.41) is 0.832. The highest BCUT2D eigenvalue weighted by atomic mass is 79.9. The Labute approximate surface area is 124 Å². The van der Waals surface area contributed by atoms with E-state index in [0.717, 1.165) is 30.5 Å². The molecular formula is C13H16Br2FNO. The summed E-state index contributed by atoms with van der Waals surface area (Å²) in [7, 11) is 0. The van der Waals surface area contributed by atoms with Crippen molar-refractivity contribution in [3.8, 4) is 0 Å². The van der Waals surface area contributed by atoms with Gasteiger partial charge in [0.15, 0.2) is 0 Å². The van der Waals surface area contributed by atoms with Gasteiger partial charge in [0, 0.05) is 25.0 Å². The molecule has 0 bridgehead atoms. The van der Waals surface area contributed by atoms with Gasteiger partial charge in [-0.05, 0) is 34.5 Å². The molecule has 0 aliphatic carbocycles. The van der Waals surface area contributed by atoms with Crippen molar-refractivity contribution < 1.29 is 9.13 Å². The molecule has 0 spiro atoms. The van der Waals surface area contributed by atoms with Crippen LogP contribution in [0.25, 0.3) is 0 Å². The van der Waals surface area contributed by atoms with E-state index in [0.29, 0.717) is 4.47 Å². The third-order valence-electron chi connectivity index (χ3n) is 3.00. The Bertz CT molecular complexity index is 416. The van der Waals surface area contributed by atoms with Crippen LogP contribution in [0.4, 0.5) is 4.39 Å². The number of morpholine rings is 1. The van der Waals surface area contributed by atoms with E-state index in [1.807, 2.05) is 6.07 Å². The van der Waals surface area contributed by atoms with E-state index in [1.165, 1.54) is 6.07 Å². The molecule has 1 aromatic rings. The molecule has 1 heterocycles. The Kier molecular flexibility index (Phi) is 5.18. The van der Waals surface area contributed by atoms with Crippen LogP contribution >= 0.6 is 31.9 Å². The molecule has 2 rings (SSSR count). The first kappa shape index (κ1) is 14.4. The summed E-state index contributed by atoms with van der Waals surface area (Å²) < 4.78 is 19.8. The van der Waals surface area contributed by atoms with E-state index < -0.39 is 0 Å². The first-order chi connectivity index (χ1) is 8.60. The largest absolute Gasteiger partial charge is 0.372 e. The second kappa shape index (κ2) is 6.46. The average molecular weight is 381 g/mol. The quantitative estimate of drug-likeness (QED) is 0.743. The Morgan fingerprint density at radius 1 is 1.44 bits per heavy atom. The second-order valence-electron chi connectivity index (χ2n) is 4.63. The molecule has 1 aromatic carbocycles. The molecule has 1 saturated heterocycles. The predicted molar refractivity (Wildman–Crippen MR) is 77.5 cm³/mol. The van der Waals surface area contributed by atoms with Crippen molar-refractivity contribution in [2.45, 2.75) is 25.7 Å². The minimum atomic E-state index is -0.203. The Balaban J connectivity index is 2.06.